The number of fused-ring (bicyclic) bond motifs is 1. The number of aromatic nitrogens is 2. The van der Waals surface area contributed by atoms with Crippen LogP contribution in [0.3, 0.4) is 0 Å². The molecule has 33 heavy (non-hydrogen) atoms. The van der Waals surface area contributed by atoms with Gasteiger partial charge in [-0.15, -0.1) is 29.3 Å². The average Bonchev–Trinajstić information content (AvgIpc) is 3.50. The van der Waals surface area contributed by atoms with Gasteiger partial charge in [0.25, 0.3) is 5.56 Å². The zero-order valence-corrected chi connectivity index (χ0v) is 20.5. The maximum atomic E-state index is 13.3. The summed E-state index contributed by atoms with van der Waals surface area (Å²) in [6.45, 7) is 4.61. The van der Waals surface area contributed by atoms with Crippen LogP contribution in [0.25, 0.3) is 20.7 Å². The summed E-state index contributed by atoms with van der Waals surface area (Å²) in [6, 6.07) is 11.7. The van der Waals surface area contributed by atoms with Gasteiger partial charge in [0.05, 0.1) is 18.2 Å². The Morgan fingerprint density at radius 1 is 1.27 bits per heavy atom. The molecule has 0 spiro atoms. The van der Waals surface area contributed by atoms with Crippen LogP contribution in [0.5, 0.6) is 5.75 Å². The summed E-state index contributed by atoms with van der Waals surface area (Å²) in [6.07, 6.45) is 2.34. The van der Waals surface area contributed by atoms with Gasteiger partial charge in [-0.3, -0.25) is 14.2 Å². The maximum absolute atomic E-state index is 13.3. The van der Waals surface area contributed by atoms with Crippen LogP contribution in [0.4, 0.5) is 0 Å². The first-order valence-corrected chi connectivity index (χ1v) is 13.0. The molecule has 0 fully saturated rings. The molecular formula is C24H23N3O3S3. The molecule has 0 atom stereocenters. The predicted molar refractivity (Wildman–Crippen MR) is 138 cm³/mol. The van der Waals surface area contributed by atoms with Crippen LogP contribution in [-0.4, -0.2) is 34.9 Å². The molecule has 1 N–H and O–H groups in total. The van der Waals surface area contributed by atoms with Crippen molar-refractivity contribution in [1.29, 1.82) is 0 Å². The standard InChI is InChI=1S/C24H23N3O3S3/c1-3-12-27-23(29)21-17(19-9-6-13-31-19)14-32-22(21)26-24(27)33-15-20(28)25-11-10-16-7-4-5-8-18(16)30-2/h3-9,13-14H,1,10-12,15H2,2H3,(H,25,28). The molecule has 0 aliphatic heterocycles. The molecule has 3 aromatic heterocycles. The van der Waals surface area contributed by atoms with Crippen molar-refractivity contribution in [2.24, 2.45) is 0 Å². The molecule has 0 bridgehead atoms. The molecule has 9 heteroatoms. The van der Waals surface area contributed by atoms with Gasteiger partial charge in [0.15, 0.2) is 5.16 Å². The SMILES string of the molecule is C=CCn1c(SCC(=O)NCCc2ccccc2OC)nc2scc(-c3cccs3)c2c1=O. The summed E-state index contributed by atoms with van der Waals surface area (Å²) in [7, 11) is 1.64. The zero-order valence-electron chi connectivity index (χ0n) is 18.1. The van der Waals surface area contributed by atoms with Gasteiger partial charge in [0, 0.05) is 28.9 Å². The van der Waals surface area contributed by atoms with Crippen molar-refractivity contribution in [3.63, 3.8) is 0 Å². The molecule has 0 aliphatic rings. The van der Waals surface area contributed by atoms with E-state index in [1.54, 1.807) is 29.1 Å². The third kappa shape index (κ3) is 5.21. The molecule has 3 heterocycles. The Morgan fingerprint density at radius 3 is 2.88 bits per heavy atom. The van der Waals surface area contributed by atoms with Crippen molar-refractivity contribution in [2.45, 2.75) is 18.1 Å². The van der Waals surface area contributed by atoms with Gasteiger partial charge in [-0.25, -0.2) is 4.98 Å². The van der Waals surface area contributed by atoms with E-state index in [1.165, 1.54) is 23.1 Å². The third-order valence-electron chi connectivity index (χ3n) is 5.00. The van der Waals surface area contributed by atoms with E-state index in [1.807, 2.05) is 47.2 Å². The fourth-order valence-corrected chi connectivity index (χ4v) is 6.09. The number of thiophene rings is 2. The first kappa shape index (κ1) is 23.3. The van der Waals surface area contributed by atoms with Crippen LogP contribution >= 0.6 is 34.4 Å². The number of methoxy groups -OCH3 is 1. The Labute approximate surface area is 203 Å². The lowest BCUT2D eigenvalue weighted by molar-refractivity contribution is -0.118. The molecule has 0 saturated heterocycles. The van der Waals surface area contributed by atoms with Crippen LogP contribution in [0.15, 0.2) is 69.8 Å². The van der Waals surface area contributed by atoms with Crippen LogP contribution in [0.2, 0.25) is 0 Å². The molecular weight excluding hydrogens is 474 g/mol. The molecule has 0 saturated carbocycles. The number of rotatable bonds is 10. The number of carbonyl (C=O) groups excluding carboxylic acids is 1. The van der Waals surface area contributed by atoms with Gasteiger partial charge in [-0.05, 0) is 29.5 Å². The van der Waals surface area contributed by atoms with Gasteiger partial charge in [-0.2, -0.15) is 0 Å². The maximum Gasteiger partial charge on any atom is 0.263 e. The Kier molecular flexibility index (Phi) is 7.64. The number of thioether (sulfide) groups is 1. The molecule has 0 unspecified atom stereocenters. The van der Waals surface area contributed by atoms with E-state index in [4.69, 9.17) is 9.72 Å². The number of hydrogen-bond acceptors (Lipinski definition) is 7. The number of nitrogens with one attached hydrogen (secondary N) is 1. The highest BCUT2D eigenvalue weighted by Gasteiger charge is 2.18. The van der Waals surface area contributed by atoms with Crippen LogP contribution in [-0.2, 0) is 17.8 Å². The minimum Gasteiger partial charge on any atom is -0.496 e. The van der Waals surface area contributed by atoms with Crippen molar-refractivity contribution in [3.05, 3.63) is 75.7 Å². The number of allylic oxidation sites excluding steroid dienone is 1. The third-order valence-corrected chi connectivity index (χ3v) is 7.75. The monoisotopic (exact) mass is 497 g/mol. The average molecular weight is 498 g/mol. The highest BCUT2D eigenvalue weighted by molar-refractivity contribution is 7.99. The van der Waals surface area contributed by atoms with Gasteiger partial charge in [-0.1, -0.05) is 42.1 Å². The van der Waals surface area contributed by atoms with Crippen molar-refractivity contribution >= 4 is 50.6 Å². The lowest BCUT2D eigenvalue weighted by atomic mass is 10.1. The van der Waals surface area contributed by atoms with E-state index in [2.05, 4.69) is 11.9 Å². The van der Waals surface area contributed by atoms with E-state index in [9.17, 15) is 9.59 Å². The summed E-state index contributed by atoms with van der Waals surface area (Å²) in [5.41, 5.74) is 1.84. The topological polar surface area (TPSA) is 73.2 Å². The van der Waals surface area contributed by atoms with Crippen LogP contribution < -0.4 is 15.6 Å². The molecule has 4 aromatic rings. The second kappa shape index (κ2) is 10.8. The van der Waals surface area contributed by atoms with Crippen molar-refractivity contribution < 1.29 is 9.53 Å². The minimum atomic E-state index is -0.111. The summed E-state index contributed by atoms with van der Waals surface area (Å²) >= 11 is 4.30. The molecule has 6 nitrogen and oxygen atoms in total. The number of benzene rings is 1. The number of para-hydroxylation sites is 1. The largest absolute Gasteiger partial charge is 0.496 e. The smallest absolute Gasteiger partial charge is 0.263 e. The summed E-state index contributed by atoms with van der Waals surface area (Å²) < 4.78 is 6.94. The fraction of sp³-hybridized carbons (Fsp3) is 0.208. The highest BCUT2D eigenvalue weighted by Crippen LogP contribution is 2.34. The van der Waals surface area contributed by atoms with Gasteiger partial charge >= 0.3 is 0 Å². The normalized spacial score (nSPS) is 10.9. The van der Waals surface area contributed by atoms with Crippen LogP contribution in [0, 0.1) is 0 Å². The van der Waals surface area contributed by atoms with Crippen LogP contribution in [0.1, 0.15) is 5.56 Å². The Balaban J connectivity index is 1.46. The van der Waals surface area contributed by atoms with Crippen molar-refractivity contribution in [3.8, 4) is 16.2 Å². The summed E-state index contributed by atoms with van der Waals surface area (Å²) in [5.74, 6) is 0.870. The number of carbonyl (C=O) groups is 1. The fourth-order valence-electron chi connectivity index (χ4n) is 3.45. The Morgan fingerprint density at radius 2 is 2.12 bits per heavy atom. The Hall–Kier alpha value is -2.88. The first-order valence-electron chi connectivity index (χ1n) is 10.3. The highest BCUT2D eigenvalue weighted by atomic mass is 32.2. The molecule has 0 aliphatic carbocycles. The molecule has 170 valence electrons. The van der Waals surface area contributed by atoms with Crippen molar-refractivity contribution in [1.82, 2.24) is 14.9 Å². The van der Waals surface area contributed by atoms with Gasteiger partial charge in [0.1, 0.15) is 10.6 Å². The molecule has 4 rings (SSSR count). The zero-order chi connectivity index (χ0) is 23.2. The van der Waals surface area contributed by atoms with E-state index in [0.29, 0.717) is 34.9 Å². The lowest BCUT2D eigenvalue weighted by Crippen LogP contribution is -2.28. The quantitative estimate of drug-likeness (QED) is 0.193. The first-order chi connectivity index (χ1) is 16.1. The second-order valence-corrected chi connectivity index (χ2v) is 9.85. The predicted octanol–water partition coefficient (Wildman–Crippen LogP) is 4.83. The molecule has 1 amide bonds. The Bertz CT molecular complexity index is 1330. The van der Waals surface area contributed by atoms with Gasteiger partial charge < -0.3 is 10.1 Å². The van der Waals surface area contributed by atoms with E-state index < -0.39 is 0 Å². The molecule has 0 radical (unpaired) electrons. The van der Waals surface area contributed by atoms with Gasteiger partial charge in [0.2, 0.25) is 5.91 Å². The van der Waals surface area contributed by atoms with Crippen molar-refractivity contribution in [2.75, 3.05) is 19.4 Å². The second-order valence-electron chi connectivity index (χ2n) is 7.11. The number of hydrogen-bond donors (Lipinski definition) is 1. The minimum absolute atomic E-state index is 0.108. The number of ether oxygens (including phenoxy) is 1. The van der Waals surface area contributed by atoms with E-state index in [0.717, 1.165) is 21.8 Å². The van der Waals surface area contributed by atoms with E-state index >= 15 is 0 Å². The molecule has 1 aromatic carbocycles. The van der Waals surface area contributed by atoms with E-state index in [-0.39, 0.29) is 17.2 Å². The number of nitrogens with zero attached hydrogens (tertiary/aromatic N) is 2. The summed E-state index contributed by atoms with van der Waals surface area (Å²) in [5, 5.41) is 8.04. The summed E-state index contributed by atoms with van der Waals surface area (Å²) in [4.78, 5) is 32.2. The lowest BCUT2D eigenvalue weighted by Gasteiger charge is -2.11. The number of amides is 1.